The molecule has 6 amide bonds. The quantitative estimate of drug-likeness (QED) is 0.0321. The van der Waals surface area contributed by atoms with Gasteiger partial charge in [0.1, 0.15) is 53.5 Å². The van der Waals surface area contributed by atoms with Gasteiger partial charge in [0.15, 0.2) is 0 Å². The van der Waals surface area contributed by atoms with Crippen LogP contribution in [0.3, 0.4) is 0 Å². The number of hydrogen-bond acceptors (Lipinski definition) is 16. The van der Waals surface area contributed by atoms with Gasteiger partial charge in [0.2, 0.25) is 35.9 Å². The zero-order valence-electron chi connectivity index (χ0n) is 67.5. The van der Waals surface area contributed by atoms with Crippen LogP contribution >= 0.6 is 0 Å². The van der Waals surface area contributed by atoms with E-state index in [1.165, 1.54) is 23.3 Å². The lowest BCUT2D eigenvalue weighted by Crippen LogP contribution is -2.58. The summed E-state index contributed by atoms with van der Waals surface area (Å²) in [6, 6.07) is 29.1. The zero-order chi connectivity index (χ0) is 78.8. The molecule has 4 aliphatic heterocycles. The van der Waals surface area contributed by atoms with Gasteiger partial charge in [-0.2, -0.15) is 0 Å². The Hall–Kier alpha value is -7.34. The van der Waals surface area contributed by atoms with E-state index in [9.17, 15) is 33.9 Å². The van der Waals surface area contributed by atoms with Gasteiger partial charge in [-0.15, -0.1) is 0 Å². The van der Waals surface area contributed by atoms with E-state index in [4.69, 9.17) is 34.9 Å². The van der Waals surface area contributed by atoms with E-state index in [0.717, 1.165) is 130 Å². The summed E-state index contributed by atoms with van der Waals surface area (Å²) < 4.78 is 24.1. The number of amides is 6. The molecule has 0 radical (unpaired) electrons. The number of ether oxygens (including phenoxy) is 4. The fourth-order valence-electron chi connectivity index (χ4n) is 14.4. The van der Waals surface area contributed by atoms with Gasteiger partial charge in [0.25, 0.3) is 0 Å². The summed E-state index contributed by atoms with van der Waals surface area (Å²) in [4.78, 5) is 85.4. The fraction of sp³-hybridized carbons (Fsp3) is 0.647. The normalized spacial score (nSPS) is 18.1. The molecule has 4 aromatic rings. The largest absolute Gasteiger partial charge is 0.490 e. The van der Waals surface area contributed by atoms with E-state index in [1.807, 2.05) is 160 Å². The average Bonchev–Trinajstić information content (AvgIpc) is 0.863. The number of nitrogens with one attached hydrogen (secondary N) is 3. The third kappa shape index (κ3) is 28.6. The first kappa shape index (κ1) is 88.6. The van der Waals surface area contributed by atoms with Crippen LogP contribution in [0.1, 0.15) is 189 Å². The van der Waals surface area contributed by atoms with Crippen molar-refractivity contribution in [2.45, 2.75) is 242 Å². The molecule has 9 rings (SSSR count). The number of nitrogens with two attached hydrogens (primary N) is 1. The zero-order valence-corrected chi connectivity index (χ0v) is 67.5. The van der Waals surface area contributed by atoms with Crippen molar-refractivity contribution in [1.29, 1.82) is 0 Å². The molecule has 5 aliphatic rings. The maximum absolute atomic E-state index is 13.6. The van der Waals surface area contributed by atoms with Gasteiger partial charge < -0.3 is 80.5 Å². The Morgan fingerprint density at radius 2 is 0.738 bits per heavy atom. The average molecular weight is 1490 g/mol. The topological polar surface area (TPSA) is 278 Å². The van der Waals surface area contributed by atoms with E-state index in [-0.39, 0.29) is 108 Å². The number of aryl methyl sites for hydroxylation is 1. The number of aliphatic hydroxyl groups excluding tert-OH is 3. The molecule has 22 heteroatoms. The lowest BCUT2D eigenvalue weighted by atomic mass is 9.84. The molecule has 0 spiro atoms. The first-order valence-electron chi connectivity index (χ1n) is 39.1. The van der Waals surface area contributed by atoms with Gasteiger partial charge in [-0.25, -0.2) is 0 Å². The molecule has 4 heterocycles. The van der Waals surface area contributed by atoms with Crippen LogP contribution < -0.4 is 40.6 Å². The third-order valence-electron chi connectivity index (χ3n) is 21.1. The van der Waals surface area contributed by atoms with Crippen LogP contribution in [0.15, 0.2) is 97.1 Å². The second kappa shape index (κ2) is 42.0. The molecule has 4 saturated heterocycles. The predicted octanol–water partition coefficient (Wildman–Crippen LogP) is 10.5. The molecule has 0 bridgehead atoms. The Morgan fingerprint density at radius 3 is 1.00 bits per heavy atom. The number of carbonyl (C=O) groups excluding carboxylic acids is 6. The second-order valence-corrected chi connectivity index (χ2v) is 34.2. The molecule has 0 unspecified atom stereocenters. The summed E-state index contributed by atoms with van der Waals surface area (Å²) in [5.41, 5.74) is 9.02. The minimum absolute atomic E-state index is 0.00137. The van der Waals surface area contributed by atoms with Crippen LogP contribution in [0.4, 0.5) is 0 Å². The van der Waals surface area contributed by atoms with Gasteiger partial charge in [-0.05, 0) is 120 Å². The summed E-state index contributed by atoms with van der Waals surface area (Å²) >= 11 is 0. The number of carbonyl (C=O) groups is 6. The molecule has 4 aromatic carbocycles. The maximum Gasteiger partial charge on any atom is 0.245 e. The van der Waals surface area contributed by atoms with Gasteiger partial charge in [-0.1, -0.05) is 163 Å². The van der Waals surface area contributed by atoms with Crippen molar-refractivity contribution in [2.24, 2.45) is 39.2 Å². The van der Waals surface area contributed by atoms with Crippen molar-refractivity contribution in [3.8, 4) is 23.0 Å². The lowest BCUT2D eigenvalue weighted by Gasteiger charge is -2.39. The highest BCUT2D eigenvalue weighted by atomic mass is 16.5. The third-order valence-corrected chi connectivity index (χ3v) is 21.1. The molecule has 1 aliphatic carbocycles. The fourth-order valence-corrected chi connectivity index (χ4v) is 14.4. The number of hydrogen-bond donors (Lipinski definition) is 7. The molecule has 107 heavy (non-hydrogen) atoms. The first-order valence-corrected chi connectivity index (χ1v) is 39.1. The smallest absolute Gasteiger partial charge is 0.245 e. The van der Waals surface area contributed by atoms with E-state index >= 15 is 0 Å². The summed E-state index contributed by atoms with van der Waals surface area (Å²) in [7, 11) is 5.41. The highest BCUT2D eigenvalue weighted by Crippen LogP contribution is 2.33. The number of likely N-dealkylation sites (N-methyl/N-ethyl adjacent to an activating group) is 2. The predicted molar refractivity (Wildman–Crippen MR) is 421 cm³/mol. The van der Waals surface area contributed by atoms with Gasteiger partial charge in [0.05, 0.1) is 43.9 Å². The number of aliphatic hydroxyl groups is 3. The van der Waals surface area contributed by atoms with Crippen molar-refractivity contribution >= 4 is 35.9 Å². The van der Waals surface area contributed by atoms with Crippen LogP contribution in [0.2, 0.25) is 0 Å². The number of nitrogens with zero attached hydrogens (tertiary/aromatic N) is 5. The maximum atomic E-state index is 13.6. The van der Waals surface area contributed by atoms with Gasteiger partial charge in [0, 0.05) is 117 Å². The molecular formula is C85H133N9O13. The highest BCUT2D eigenvalue weighted by molar-refractivity contribution is 5.89. The first-order chi connectivity index (χ1) is 50.6. The Kier molecular flexibility index (Phi) is 34.8. The van der Waals surface area contributed by atoms with Crippen molar-refractivity contribution in [2.75, 3.05) is 80.0 Å². The Labute approximate surface area is 639 Å². The lowest BCUT2D eigenvalue weighted by molar-refractivity contribution is -0.142. The van der Waals surface area contributed by atoms with Crippen molar-refractivity contribution in [1.82, 2.24) is 40.4 Å². The molecule has 5 atom stereocenters. The van der Waals surface area contributed by atoms with Gasteiger partial charge >= 0.3 is 0 Å². The molecule has 8 N–H and O–H groups in total. The molecular weight excluding hydrogens is 1350 g/mol. The highest BCUT2D eigenvalue weighted by Gasteiger charge is 2.41. The van der Waals surface area contributed by atoms with E-state index < -0.39 is 17.5 Å². The molecule has 596 valence electrons. The minimum Gasteiger partial charge on any atom is -0.490 e. The Bertz CT molecular complexity index is 3310. The number of benzene rings is 4. The van der Waals surface area contributed by atoms with Crippen molar-refractivity contribution < 1.29 is 63.0 Å². The Morgan fingerprint density at radius 1 is 0.458 bits per heavy atom. The Balaban J connectivity index is 0.000000229. The summed E-state index contributed by atoms with van der Waals surface area (Å²) in [6.45, 7) is 32.4. The minimum atomic E-state index is -0.642. The molecule has 22 nitrogen and oxygen atoms in total. The number of rotatable bonds is 24. The molecule has 1 saturated carbocycles. The second-order valence-electron chi connectivity index (χ2n) is 34.2. The summed E-state index contributed by atoms with van der Waals surface area (Å²) in [5, 5.41) is 36.8. The van der Waals surface area contributed by atoms with E-state index in [1.54, 1.807) is 7.05 Å². The number of piperidine rings is 4. The van der Waals surface area contributed by atoms with E-state index in [0.29, 0.717) is 51.5 Å². The SMILES string of the molecule is CC(C)(C)[C@H](N)C(=O)N1CCC(Oc2ccc(CO)cc2)CC1.CN(C=O)C[C@@H](CC1CCCC1)C(=O)N[C@H](C(=O)N1CCC(Oc2ccc(CO)cc2)CC1)C(C)(C)C.CN[C@H](C(=O)N1CCC(Oc2ccc(C)cc2)CC1)C(C)(C)C.CN[C@H](C(=O)N1CCC(Oc2ccc(CO)cc2)CC1)C(C)(C)C. The van der Waals surface area contributed by atoms with Crippen LogP contribution in [0.5, 0.6) is 23.0 Å². The van der Waals surface area contributed by atoms with Crippen LogP contribution in [0, 0.1) is 40.4 Å². The number of likely N-dealkylation sites (tertiary alicyclic amines) is 4. The summed E-state index contributed by atoms with van der Waals surface area (Å²) in [5.74, 6) is 3.68. The molecule has 0 aromatic heterocycles. The van der Waals surface area contributed by atoms with Crippen molar-refractivity contribution in [3.05, 3.63) is 119 Å². The standard InChI is InChI=1S/C29H45N3O5.C19H30N2O3.C19H30N2O2.C18H28N2O3/c1-29(2,3)26(30-27(35)23(18-31(4)20-34)17-21-7-5-6-8-21)28(36)32-15-13-25(14-16-32)37-24-11-9-22(19-33)10-12-24;1-19(2,3)17(20-4)18(23)21-11-9-16(10-12-21)24-15-7-5-14(13-22)6-8-15;1-14-6-8-15(9-7-14)23-16-10-12-21(13-11-16)18(22)17(20-5)19(2,3)4;1-18(2,3)16(19)17(22)20-10-8-15(9-11-20)23-14-6-4-13(12-21)5-7-14/h9-12,20-21,23,25-26,33H,5-8,13-19H2,1-4H3,(H,30,35);5-8,16-17,20,22H,9-13H2,1-4H3;6-9,16-17,20H,10-13H2,1-5H3;4-7,15-16,21H,8-12,19H2,1-3H3/t23-,26-;2*17-;16-/m1111/s1. The van der Waals surface area contributed by atoms with Crippen LogP contribution in [0.25, 0.3) is 0 Å². The molecule has 5 fully saturated rings. The van der Waals surface area contributed by atoms with Gasteiger partial charge in [-0.3, -0.25) is 28.8 Å². The monoisotopic (exact) mass is 1490 g/mol. The van der Waals surface area contributed by atoms with Crippen LogP contribution in [-0.4, -0.2) is 204 Å². The van der Waals surface area contributed by atoms with Crippen molar-refractivity contribution in [3.63, 3.8) is 0 Å². The van der Waals surface area contributed by atoms with Crippen LogP contribution in [-0.2, 0) is 48.6 Å². The summed E-state index contributed by atoms with van der Waals surface area (Å²) in [6.07, 6.45) is 13.1. The van der Waals surface area contributed by atoms with E-state index in [2.05, 4.69) is 76.5 Å².